The number of rotatable bonds is 24. The Balaban J connectivity index is 0. The molecule has 0 unspecified atom stereocenters. The van der Waals surface area contributed by atoms with Crippen molar-refractivity contribution in [3.05, 3.63) is 6.92 Å². The van der Waals surface area contributed by atoms with Gasteiger partial charge in [-0.1, -0.05) is 0 Å². The Morgan fingerprint density at radius 1 is 0.400 bits per heavy atom. The maximum absolute atomic E-state index is 4.20. The summed E-state index contributed by atoms with van der Waals surface area (Å²) in [6.45, 7) is 11.2. The molecule has 1 radical (unpaired) electrons. The minimum absolute atomic E-state index is 0. The monoisotopic (exact) mass is 457 g/mol. The molecule has 0 aliphatic rings. The van der Waals surface area contributed by atoms with Crippen molar-refractivity contribution in [1.29, 1.82) is 0 Å². The Morgan fingerprint density at radius 3 is 0.967 bits per heavy atom. The van der Waals surface area contributed by atoms with E-state index in [1.54, 1.807) is 43.9 Å². The van der Waals surface area contributed by atoms with E-state index in [0.717, 1.165) is 6.42 Å². The van der Waals surface area contributed by atoms with Gasteiger partial charge in [-0.3, -0.25) is 0 Å². The molecule has 0 bridgehead atoms. The average Bonchev–Trinajstić information content (AvgIpc) is 2.74. The van der Waals surface area contributed by atoms with Crippen LogP contribution in [-0.2, 0) is 0 Å². The Kier molecular flexibility index (Phi) is 29.0. The fraction of sp³-hybridized carbons (Fsp3) is 0.964. The first kappa shape index (κ1) is 33.1. The summed E-state index contributed by atoms with van der Waals surface area (Å²) < 4.78 is 0. The first-order chi connectivity index (χ1) is 14.2. The zero-order valence-electron chi connectivity index (χ0n) is 21.2. The summed E-state index contributed by atoms with van der Waals surface area (Å²) in [6.07, 6.45) is 35.6. The van der Waals surface area contributed by atoms with E-state index in [-0.39, 0.29) is 17.4 Å². The van der Waals surface area contributed by atoms with Gasteiger partial charge in [-0.2, -0.15) is 0 Å². The third-order valence-corrected chi connectivity index (χ3v) is 12.8. The molecule has 0 spiro atoms. The fourth-order valence-electron chi connectivity index (χ4n) is 5.09. The number of hydrogen-bond donors (Lipinski definition) is 0. The summed E-state index contributed by atoms with van der Waals surface area (Å²) in [5.74, 6) is 0. The first-order valence-corrected chi connectivity index (χ1v) is 16.9. The molecule has 0 aromatic rings. The summed E-state index contributed by atoms with van der Waals surface area (Å²) in [4.78, 5) is 0. The van der Waals surface area contributed by atoms with Crippen molar-refractivity contribution in [2.45, 2.75) is 149 Å². The van der Waals surface area contributed by atoms with Crippen LogP contribution < -0.4 is 0 Å². The van der Waals surface area contributed by atoms with Gasteiger partial charge < -0.3 is 0 Å². The Morgan fingerprint density at radius 2 is 0.667 bits per heavy atom. The molecule has 0 aromatic heterocycles. The van der Waals surface area contributed by atoms with E-state index in [2.05, 4.69) is 27.7 Å². The van der Waals surface area contributed by atoms with E-state index in [1.807, 2.05) is 0 Å². The Bertz CT molecular complexity index is 264. The quantitative estimate of drug-likeness (QED) is 0.0769. The first-order valence-electron chi connectivity index (χ1n) is 14.0. The van der Waals surface area contributed by atoms with Gasteiger partial charge in [0, 0.05) is 0 Å². The summed E-state index contributed by atoms with van der Waals surface area (Å²) >= 11 is 0. The van der Waals surface area contributed by atoms with Crippen LogP contribution in [0.4, 0.5) is 0 Å². The van der Waals surface area contributed by atoms with Crippen molar-refractivity contribution >= 4 is 24.6 Å². The van der Waals surface area contributed by atoms with Crippen LogP contribution >= 0.6 is 7.26 Å². The maximum atomic E-state index is 4.20. The molecule has 0 fully saturated rings. The van der Waals surface area contributed by atoms with Crippen LogP contribution in [-0.4, -0.2) is 42.0 Å². The van der Waals surface area contributed by atoms with E-state index in [1.165, 1.54) is 103 Å². The van der Waals surface area contributed by atoms with Gasteiger partial charge in [-0.25, -0.2) is 0 Å². The van der Waals surface area contributed by atoms with Crippen LogP contribution in [0.1, 0.15) is 149 Å². The van der Waals surface area contributed by atoms with Crippen LogP contribution in [0.25, 0.3) is 0 Å². The molecule has 0 saturated heterocycles. The van der Waals surface area contributed by atoms with Crippen molar-refractivity contribution in [2.75, 3.05) is 24.6 Å². The predicted molar refractivity (Wildman–Crippen MR) is 152 cm³/mol. The molecule has 0 amide bonds. The molecule has 0 aromatic carbocycles. The second-order valence-corrected chi connectivity index (χ2v) is 15.0. The molecule has 0 heterocycles. The molecule has 30 heavy (non-hydrogen) atoms. The molecule has 0 rings (SSSR count). The van der Waals surface area contributed by atoms with E-state index in [9.17, 15) is 0 Å². The molecule has 0 N–H and O–H groups in total. The average molecular weight is 458 g/mol. The van der Waals surface area contributed by atoms with Crippen molar-refractivity contribution in [3.8, 4) is 0 Å². The summed E-state index contributed by atoms with van der Waals surface area (Å²) in [6, 6.07) is 0. The number of unbranched alkanes of at least 4 members (excludes halogenated alkanes) is 16. The summed E-state index contributed by atoms with van der Waals surface area (Å²) in [5.41, 5.74) is 0. The Labute approximate surface area is 205 Å². The molecular formula is C28H63AlP. The van der Waals surface area contributed by atoms with Gasteiger partial charge >= 0.3 is 188 Å². The van der Waals surface area contributed by atoms with Gasteiger partial charge in [-0.15, -0.1) is 0 Å². The molecule has 0 atom stereocenters. The molecule has 0 aliphatic carbocycles. The standard InChI is InChI=1S/C28H60P.Al.3H/c1-5-9-13-16-19-22-26-29(25-12-8-4,27-23-20-17-14-10-6-2)28-24-21-18-15-11-7-3;;;;/h29H,4-28H2,1-3H3;;;;. The van der Waals surface area contributed by atoms with Crippen LogP contribution in [0.2, 0.25) is 0 Å². The summed E-state index contributed by atoms with van der Waals surface area (Å²) in [7, 11) is -1.06. The zero-order valence-corrected chi connectivity index (χ0v) is 22.2. The van der Waals surface area contributed by atoms with E-state index in [4.69, 9.17) is 0 Å². The van der Waals surface area contributed by atoms with Crippen LogP contribution in [0.15, 0.2) is 0 Å². The van der Waals surface area contributed by atoms with E-state index < -0.39 is 7.26 Å². The predicted octanol–water partition coefficient (Wildman–Crippen LogP) is 9.25. The topological polar surface area (TPSA) is 0 Å². The Hall–Kier alpha value is 0.962. The normalized spacial score (nSPS) is 12.1. The van der Waals surface area contributed by atoms with E-state index >= 15 is 0 Å². The number of hydrogen-bond acceptors (Lipinski definition) is 0. The summed E-state index contributed by atoms with van der Waals surface area (Å²) in [5, 5.41) is 0. The molecule has 0 saturated carbocycles. The molecular weight excluding hydrogens is 394 g/mol. The van der Waals surface area contributed by atoms with Gasteiger partial charge in [0.15, 0.2) is 17.4 Å². The van der Waals surface area contributed by atoms with Crippen molar-refractivity contribution in [3.63, 3.8) is 0 Å². The molecule has 183 valence electrons. The van der Waals surface area contributed by atoms with Crippen LogP contribution in [0.5, 0.6) is 0 Å². The van der Waals surface area contributed by atoms with Crippen LogP contribution in [0, 0.1) is 6.92 Å². The van der Waals surface area contributed by atoms with Crippen molar-refractivity contribution in [2.24, 2.45) is 0 Å². The SMILES string of the molecule is [AlH3].[CH2]CCC[PH](CCCCCCCC)(CCCCCCCC)CCCCCCCC. The van der Waals surface area contributed by atoms with Gasteiger partial charge in [0.25, 0.3) is 0 Å². The van der Waals surface area contributed by atoms with E-state index in [0.29, 0.717) is 0 Å². The second-order valence-electron chi connectivity index (χ2n) is 10.0. The van der Waals surface area contributed by atoms with Crippen LogP contribution in [0.3, 0.4) is 0 Å². The third-order valence-electron chi connectivity index (χ3n) is 7.14. The molecule has 0 aliphatic heterocycles. The fourth-order valence-corrected chi connectivity index (χ4v) is 10.6. The third kappa shape index (κ3) is 20.8. The van der Waals surface area contributed by atoms with Gasteiger partial charge in [0.05, 0.1) is 0 Å². The van der Waals surface area contributed by atoms with Crippen molar-refractivity contribution < 1.29 is 0 Å². The van der Waals surface area contributed by atoms with Crippen molar-refractivity contribution in [1.82, 2.24) is 0 Å². The second kappa shape index (κ2) is 26.2. The van der Waals surface area contributed by atoms with Gasteiger partial charge in [-0.05, 0) is 0 Å². The zero-order chi connectivity index (χ0) is 21.5. The van der Waals surface area contributed by atoms with Gasteiger partial charge in [0.2, 0.25) is 0 Å². The molecule has 2 heteroatoms. The van der Waals surface area contributed by atoms with Gasteiger partial charge in [0.1, 0.15) is 0 Å². The molecule has 0 nitrogen and oxygen atoms in total. The minimum atomic E-state index is -1.06.